The topological polar surface area (TPSA) is 65.6 Å². The largest absolute Gasteiger partial charge is 0.508 e. The van der Waals surface area contributed by atoms with Gasteiger partial charge in [0.25, 0.3) is 0 Å². The van der Waals surface area contributed by atoms with Gasteiger partial charge in [-0.3, -0.25) is 0 Å². The summed E-state index contributed by atoms with van der Waals surface area (Å²) < 4.78 is 5.38. The number of phenols is 1. The van der Waals surface area contributed by atoms with Gasteiger partial charge in [0.1, 0.15) is 23.9 Å². The Balaban J connectivity index is 1.93. The minimum absolute atomic E-state index is 0.0812. The van der Waals surface area contributed by atoms with Crippen LogP contribution in [0, 0.1) is 0 Å². The molecule has 0 radical (unpaired) electrons. The zero-order valence-corrected chi connectivity index (χ0v) is 10.3. The molecule has 4 heteroatoms. The Morgan fingerprint density at radius 1 is 1.22 bits per heavy atom. The molecular formula is C14H17NO3. The average Bonchev–Trinajstić information content (AvgIpc) is 2.84. The van der Waals surface area contributed by atoms with Crippen LogP contribution in [0.1, 0.15) is 30.0 Å². The maximum absolute atomic E-state index is 9.41. The zero-order chi connectivity index (χ0) is 13.0. The highest BCUT2D eigenvalue weighted by atomic mass is 16.4. The van der Waals surface area contributed by atoms with E-state index in [1.165, 1.54) is 0 Å². The number of phenolic OH excluding ortho intramolecular Hbond substituents is 1. The Labute approximate surface area is 106 Å². The number of aliphatic hydroxyl groups excluding tert-OH is 1. The maximum Gasteiger partial charge on any atom is 0.129 e. The van der Waals surface area contributed by atoms with E-state index in [-0.39, 0.29) is 18.4 Å². The molecule has 0 aliphatic heterocycles. The molecular weight excluding hydrogens is 230 g/mol. The normalized spacial score (nSPS) is 12.6. The molecule has 4 nitrogen and oxygen atoms in total. The first-order valence-corrected chi connectivity index (χ1v) is 5.90. The number of aromatic hydroxyl groups is 1. The summed E-state index contributed by atoms with van der Waals surface area (Å²) in [6.45, 7) is 2.52. The summed E-state index contributed by atoms with van der Waals surface area (Å²) in [5.41, 5.74) is 1.02. The monoisotopic (exact) mass is 247 g/mol. The first-order chi connectivity index (χ1) is 8.69. The molecule has 0 bridgehead atoms. The van der Waals surface area contributed by atoms with E-state index in [2.05, 4.69) is 5.32 Å². The third-order valence-corrected chi connectivity index (χ3v) is 2.83. The fourth-order valence-corrected chi connectivity index (χ4v) is 1.77. The van der Waals surface area contributed by atoms with Crippen molar-refractivity contribution in [1.29, 1.82) is 0 Å². The van der Waals surface area contributed by atoms with Gasteiger partial charge < -0.3 is 19.9 Å². The second-order valence-electron chi connectivity index (χ2n) is 4.22. The lowest BCUT2D eigenvalue weighted by molar-refractivity contribution is 0.242. The van der Waals surface area contributed by atoms with Crippen molar-refractivity contribution in [2.24, 2.45) is 0 Å². The second-order valence-corrected chi connectivity index (χ2v) is 4.22. The van der Waals surface area contributed by atoms with E-state index < -0.39 is 0 Å². The van der Waals surface area contributed by atoms with Crippen molar-refractivity contribution in [3.8, 4) is 5.75 Å². The minimum atomic E-state index is -0.0812. The zero-order valence-electron chi connectivity index (χ0n) is 10.3. The van der Waals surface area contributed by atoms with E-state index in [9.17, 15) is 5.11 Å². The fraction of sp³-hybridized carbons (Fsp3) is 0.286. The van der Waals surface area contributed by atoms with Crippen molar-refractivity contribution < 1.29 is 14.6 Å². The number of rotatable bonds is 5. The lowest BCUT2D eigenvalue weighted by Gasteiger charge is -2.13. The molecule has 1 atom stereocenters. The van der Waals surface area contributed by atoms with Gasteiger partial charge in [0.05, 0.1) is 6.54 Å². The fourth-order valence-electron chi connectivity index (χ4n) is 1.77. The number of nitrogens with one attached hydrogen (secondary N) is 1. The number of benzene rings is 1. The Morgan fingerprint density at radius 2 is 2.00 bits per heavy atom. The van der Waals surface area contributed by atoms with Gasteiger partial charge in [0.2, 0.25) is 0 Å². The van der Waals surface area contributed by atoms with Crippen molar-refractivity contribution in [3.63, 3.8) is 0 Å². The second kappa shape index (κ2) is 5.71. The summed E-state index contributed by atoms with van der Waals surface area (Å²) >= 11 is 0. The summed E-state index contributed by atoms with van der Waals surface area (Å²) in [4.78, 5) is 0. The predicted octanol–water partition coefficient (Wildman–Crippen LogP) is 2.33. The lowest BCUT2D eigenvalue weighted by atomic mass is 10.1. The maximum atomic E-state index is 9.41. The van der Waals surface area contributed by atoms with Gasteiger partial charge in [0, 0.05) is 6.04 Å². The highest BCUT2D eigenvalue weighted by Crippen LogP contribution is 2.18. The first kappa shape index (κ1) is 12.7. The molecule has 0 aliphatic carbocycles. The van der Waals surface area contributed by atoms with Crippen LogP contribution in [0.25, 0.3) is 0 Å². The molecule has 2 aromatic rings. The van der Waals surface area contributed by atoms with Crippen molar-refractivity contribution in [2.75, 3.05) is 0 Å². The van der Waals surface area contributed by atoms with E-state index in [1.54, 1.807) is 18.2 Å². The van der Waals surface area contributed by atoms with E-state index in [0.717, 1.165) is 11.3 Å². The quantitative estimate of drug-likeness (QED) is 0.758. The van der Waals surface area contributed by atoms with Crippen LogP contribution < -0.4 is 5.32 Å². The van der Waals surface area contributed by atoms with Crippen LogP contribution in [0.2, 0.25) is 0 Å². The molecule has 1 unspecified atom stereocenters. The number of aliphatic hydroxyl groups is 1. The van der Waals surface area contributed by atoms with Crippen LogP contribution in [0.5, 0.6) is 5.75 Å². The SMILES string of the molecule is CC(NCc1ccc(CO)o1)c1cccc(O)c1. The van der Waals surface area contributed by atoms with E-state index >= 15 is 0 Å². The van der Waals surface area contributed by atoms with Crippen LogP contribution in [-0.4, -0.2) is 10.2 Å². The van der Waals surface area contributed by atoms with Crippen LogP contribution in [-0.2, 0) is 13.2 Å². The van der Waals surface area contributed by atoms with Gasteiger partial charge in [-0.25, -0.2) is 0 Å². The first-order valence-electron chi connectivity index (χ1n) is 5.90. The Kier molecular flexibility index (Phi) is 4.02. The molecule has 0 saturated carbocycles. The van der Waals surface area contributed by atoms with Gasteiger partial charge in [0.15, 0.2) is 0 Å². The molecule has 0 spiro atoms. The van der Waals surface area contributed by atoms with Crippen molar-refractivity contribution in [2.45, 2.75) is 26.1 Å². The molecule has 0 aliphatic rings. The molecule has 0 fully saturated rings. The molecule has 2 rings (SSSR count). The molecule has 1 aromatic carbocycles. The molecule has 3 N–H and O–H groups in total. The third-order valence-electron chi connectivity index (χ3n) is 2.83. The van der Waals surface area contributed by atoms with Gasteiger partial charge in [-0.1, -0.05) is 12.1 Å². The molecule has 18 heavy (non-hydrogen) atoms. The highest BCUT2D eigenvalue weighted by Gasteiger charge is 2.07. The lowest BCUT2D eigenvalue weighted by Crippen LogP contribution is -2.17. The van der Waals surface area contributed by atoms with Crippen LogP contribution >= 0.6 is 0 Å². The number of hydrogen-bond donors (Lipinski definition) is 3. The van der Waals surface area contributed by atoms with E-state index in [0.29, 0.717) is 12.3 Å². The molecule has 0 saturated heterocycles. The summed E-state index contributed by atoms with van der Waals surface area (Å²) in [6, 6.07) is 10.9. The van der Waals surface area contributed by atoms with E-state index in [1.807, 2.05) is 25.1 Å². The molecule has 1 aromatic heterocycles. The van der Waals surface area contributed by atoms with Crippen molar-refractivity contribution >= 4 is 0 Å². The molecule has 0 amide bonds. The summed E-state index contributed by atoms with van der Waals surface area (Å²) in [6.07, 6.45) is 0. The molecule has 1 heterocycles. The van der Waals surface area contributed by atoms with E-state index in [4.69, 9.17) is 9.52 Å². The van der Waals surface area contributed by atoms with Crippen LogP contribution in [0.3, 0.4) is 0 Å². The Hall–Kier alpha value is -1.78. The van der Waals surface area contributed by atoms with Gasteiger partial charge >= 0.3 is 0 Å². The number of hydrogen-bond acceptors (Lipinski definition) is 4. The van der Waals surface area contributed by atoms with Gasteiger partial charge in [-0.2, -0.15) is 0 Å². The standard InChI is InChI=1S/C14H17NO3/c1-10(11-3-2-4-12(17)7-11)15-8-13-5-6-14(9-16)18-13/h2-7,10,15-17H,8-9H2,1H3. The average molecular weight is 247 g/mol. The summed E-state index contributed by atoms with van der Waals surface area (Å²) in [5, 5.41) is 21.6. The van der Waals surface area contributed by atoms with Crippen molar-refractivity contribution in [1.82, 2.24) is 5.32 Å². The summed E-state index contributed by atoms with van der Waals surface area (Å²) in [7, 11) is 0. The minimum Gasteiger partial charge on any atom is -0.508 e. The predicted molar refractivity (Wildman–Crippen MR) is 68.0 cm³/mol. The number of furan rings is 1. The van der Waals surface area contributed by atoms with Gasteiger partial charge in [-0.15, -0.1) is 0 Å². The third kappa shape index (κ3) is 3.12. The molecule has 96 valence electrons. The smallest absolute Gasteiger partial charge is 0.129 e. The van der Waals surface area contributed by atoms with Crippen LogP contribution in [0.4, 0.5) is 0 Å². The Morgan fingerprint density at radius 3 is 2.67 bits per heavy atom. The van der Waals surface area contributed by atoms with Crippen molar-refractivity contribution in [3.05, 3.63) is 53.5 Å². The Bertz CT molecular complexity index is 507. The summed E-state index contributed by atoms with van der Waals surface area (Å²) in [5.74, 6) is 1.62. The van der Waals surface area contributed by atoms with Crippen LogP contribution in [0.15, 0.2) is 40.8 Å². The highest BCUT2D eigenvalue weighted by molar-refractivity contribution is 5.29. The van der Waals surface area contributed by atoms with Gasteiger partial charge in [-0.05, 0) is 36.8 Å².